The van der Waals surface area contributed by atoms with E-state index in [1.165, 1.54) is 0 Å². The molecule has 0 aliphatic heterocycles. The average Bonchev–Trinajstić information content (AvgIpc) is 2.67. The smallest absolute Gasteiger partial charge is 0.191 e. The summed E-state index contributed by atoms with van der Waals surface area (Å²) in [5.41, 5.74) is 2.05. The summed E-state index contributed by atoms with van der Waals surface area (Å²) in [6, 6.07) is 13.7. The number of nitrogens with zero attached hydrogens (tertiary/aromatic N) is 1. The Morgan fingerprint density at radius 1 is 0.800 bits per heavy atom. The van der Waals surface area contributed by atoms with Crippen molar-refractivity contribution in [1.29, 1.82) is 0 Å². The molecule has 25 heavy (non-hydrogen) atoms. The van der Waals surface area contributed by atoms with Crippen LogP contribution in [-0.4, -0.2) is 34.3 Å². The van der Waals surface area contributed by atoms with Gasteiger partial charge in [-0.1, -0.05) is 30.3 Å². The van der Waals surface area contributed by atoms with Crippen molar-refractivity contribution in [2.75, 3.05) is 28.4 Å². The van der Waals surface area contributed by atoms with E-state index in [1.54, 1.807) is 28.4 Å². The lowest BCUT2D eigenvalue weighted by molar-refractivity contribution is 0.351. The number of methoxy groups -OCH3 is 3. The molecular formula is C19H25N3O3. The van der Waals surface area contributed by atoms with Crippen molar-refractivity contribution in [3.8, 4) is 17.2 Å². The molecule has 0 heterocycles. The Morgan fingerprint density at radius 2 is 1.40 bits per heavy atom. The van der Waals surface area contributed by atoms with Crippen molar-refractivity contribution in [3.63, 3.8) is 0 Å². The van der Waals surface area contributed by atoms with Gasteiger partial charge in [-0.15, -0.1) is 0 Å². The van der Waals surface area contributed by atoms with Crippen molar-refractivity contribution in [2.45, 2.75) is 13.1 Å². The fraction of sp³-hybridized carbons (Fsp3) is 0.316. The van der Waals surface area contributed by atoms with Crippen LogP contribution in [0, 0.1) is 0 Å². The molecule has 0 radical (unpaired) electrons. The quantitative estimate of drug-likeness (QED) is 0.598. The fourth-order valence-corrected chi connectivity index (χ4v) is 2.52. The van der Waals surface area contributed by atoms with Crippen LogP contribution in [0.15, 0.2) is 47.5 Å². The summed E-state index contributed by atoms with van der Waals surface area (Å²) >= 11 is 0. The molecule has 2 aromatic carbocycles. The van der Waals surface area contributed by atoms with Crippen LogP contribution in [0.4, 0.5) is 0 Å². The summed E-state index contributed by atoms with van der Waals surface area (Å²) in [7, 11) is 6.67. The zero-order valence-corrected chi connectivity index (χ0v) is 15.1. The van der Waals surface area contributed by atoms with Gasteiger partial charge in [-0.3, -0.25) is 4.99 Å². The minimum absolute atomic E-state index is 0.561. The van der Waals surface area contributed by atoms with E-state index in [0.29, 0.717) is 24.8 Å². The van der Waals surface area contributed by atoms with Crippen molar-refractivity contribution in [3.05, 3.63) is 53.6 Å². The number of rotatable bonds is 7. The fourth-order valence-electron chi connectivity index (χ4n) is 2.52. The van der Waals surface area contributed by atoms with E-state index in [0.717, 1.165) is 22.6 Å². The summed E-state index contributed by atoms with van der Waals surface area (Å²) in [5, 5.41) is 6.57. The van der Waals surface area contributed by atoms with Crippen LogP contribution in [0.25, 0.3) is 0 Å². The van der Waals surface area contributed by atoms with Crippen LogP contribution in [0.3, 0.4) is 0 Å². The highest BCUT2D eigenvalue weighted by atomic mass is 16.5. The molecule has 0 amide bonds. The van der Waals surface area contributed by atoms with Crippen LogP contribution in [-0.2, 0) is 13.1 Å². The van der Waals surface area contributed by atoms with E-state index in [9.17, 15) is 0 Å². The highest BCUT2D eigenvalue weighted by molar-refractivity contribution is 5.79. The van der Waals surface area contributed by atoms with Gasteiger partial charge < -0.3 is 24.8 Å². The highest BCUT2D eigenvalue weighted by Crippen LogP contribution is 2.30. The summed E-state index contributed by atoms with van der Waals surface area (Å²) in [6.07, 6.45) is 0. The second kappa shape index (κ2) is 9.42. The Labute approximate surface area is 148 Å². The molecule has 0 saturated carbocycles. The number of hydrogen-bond donors (Lipinski definition) is 2. The third-order valence-electron chi connectivity index (χ3n) is 3.79. The molecule has 0 fully saturated rings. The molecule has 0 unspecified atom stereocenters. The molecule has 2 aromatic rings. The van der Waals surface area contributed by atoms with E-state index in [1.807, 2.05) is 42.5 Å². The maximum Gasteiger partial charge on any atom is 0.191 e. The molecule has 0 aliphatic carbocycles. The van der Waals surface area contributed by atoms with E-state index in [-0.39, 0.29) is 0 Å². The van der Waals surface area contributed by atoms with E-state index in [2.05, 4.69) is 15.6 Å². The monoisotopic (exact) mass is 343 g/mol. The summed E-state index contributed by atoms with van der Waals surface area (Å²) in [6.45, 7) is 1.17. The molecule has 0 atom stereocenters. The largest absolute Gasteiger partial charge is 0.496 e. The van der Waals surface area contributed by atoms with Crippen LogP contribution in [0.1, 0.15) is 11.1 Å². The molecule has 2 rings (SSSR count). The van der Waals surface area contributed by atoms with E-state index >= 15 is 0 Å². The average molecular weight is 343 g/mol. The number of nitrogens with one attached hydrogen (secondary N) is 2. The molecular weight excluding hydrogens is 318 g/mol. The maximum atomic E-state index is 5.45. The van der Waals surface area contributed by atoms with Gasteiger partial charge in [0.1, 0.15) is 5.75 Å². The van der Waals surface area contributed by atoms with Crippen molar-refractivity contribution >= 4 is 5.96 Å². The molecule has 0 bridgehead atoms. The molecule has 0 spiro atoms. The predicted octanol–water partition coefficient (Wildman–Crippen LogP) is 2.58. The highest BCUT2D eigenvalue weighted by Gasteiger charge is 2.10. The van der Waals surface area contributed by atoms with E-state index in [4.69, 9.17) is 14.2 Å². The van der Waals surface area contributed by atoms with Crippen molar-refractivity contribution in [1.82, 2.24) is 10.6 Å². The normalized spacial score (nSPS) is 11.0. The van der Waals surface area contributed by atoms with Crippen LogP contribution < -0.4 is 24.8 Å². The topological polar surface area (TPSA) is 64.1 Å². The number of para-hydroxylation sites is 2. The first-order chi connectivity index (χ1) is 12.2. The summed E-state index contributed by atoms with van der Waals surface area (Å²) < 4.78 is 16.1. The first kappa shape index (κ1) is 18.4. The first-order valence-corrected chi connectivity index (χ1v) is 7.99. The summed E-state index contributed by atoms with van der Waals surface area (Å²) in [5.74, 6) is 2.96. The SMILES string of the molecule is CN=C(NCc1ccccc1OC)NCc1cccc(OC)c1OC. The van der Waals surface area contributed by atoms with Gasteiger partial charge >= 0.3 is 0 Å². The van der Waals surface area contributed by atoms with Gasteiger partial charge in [-0.25, -0.2) is 0 Å². The van der Waals surface area contributed by atoms with Crippen LogP contribution >= 0.6 is 0 Å². The molecule has 0 saturated heterocycles. The second-order valence-corrected chi connectivity index (χ2v) is 5.24. The Balaban J connectivity index is 1.99. The number of ether oxygens (including phenoxy) is 3. The van der Waals surface area contributed by atoms with Gasteiger partial charge in [0.05, 0.1) is 21.3 Å². The molecule has 2 N–H and O–H groups in total. The van der Waals surface area contributed by atoms with Gasteiger partial charge in [-0.05, 0) is 12.1 Å². The van der Waals surface area contributed by atoms with Crippen LogP contribution in [0.5, 0.6) is 17.2 Å². The zero-order chi connectivity index (χ0) is 18.1. The Kier molecular flexibility index (Phi) is 6.95. The van der Waals surface area contributed by atoms with E-state index < -0.39 is 0 Å². The van der Waals surface area contributed by atoms with Gasteiger partial charge in [0.15, 0.2) is 17.5 Å². The number of aliphatic imine (C=N–C) groups is 1. The van der Waals surface area contributed by atoms with Gasteiger partial charge in [-0.2, -0.15) is 0 Å². The van der Waals surface area contributed by atoms with Crippen molar-refractivity contribution in [2.24, 2.45) is 4.99 Å². The van der Waals surface area contributed by atoms with Crippen molar-refractivity contribution < 1.29 is 14.2 Å². The second-order valence-electron chi connectivity index (χ2n) is 5.24. The molecule has 0 aromatic heterocycles. The predicted molar refractivity (Wildman–Crippen MR) is 99.6 cm³/mol. The number of guanidine groups is 1. The minimum atomic E-state index is 0.561. The maximum absolute atomic E-state index is 5.45. The van der Waals surface area contributed by atoms with Crippen LogP contribution in [0.2, 0.25) is 0 Å². The molecule has 6 heteroatoms. The lowest BCUT2D eigenvalue weighted by atomic mass is 10.2. The number of hydrogen-bond acceptors (Lipinski definition) is 4. The van der Waals surface area contributed by atoms with Gasteiger partial charge in [0.2, 0.25) is 0 Å². The molecule has 134 valence electrons. The standard InChI is InChI=1S/C19H25N3O3/c1-20-19(21-12-14-8-5-6-10-16(14)23-2)22-13-15-9-7-11-17(24-3)18(15)25-4/h5-11H,12-13H2,1-4H3,(H2,20,21,22). The van der Waals surface area contributed by atoms with Gasteiger partial charge in [0, 0.05) is 31.3 Å². The zero-order valence-electron chi connectivity index (χ0n) is 15.1. The lowest BCUT2D eigenvalue weighted by Gasteiger charge is -2.16. The Morgan fingerprint density at radius 3 is 2.04 bits per heavy atom. The number of benzene rings is 2. The third-order valence-corrected chi connectivity index (χ3v) is 3.79. The Hall–Kier alpha value is -2.89. The molecule has 0 aliphatic rings. The first-order valence-electron chi connectivity index (χ1n) is 7.99. The summed E-state index contributed by atoms with van der Waals surface area (Å²) in [4.78, 5) is 4.25. The van der Waals surface area contributed by atoms with Gasteiger partial charge in [0.25, 0.3) is 0 Å². The third kappa shape index (κ3) is 4.79. The Bertz CT molecular complexity index is 717. The lowest BCUT2D eigenvalue weighted by Crippen LogP contribution is -2.36. The minimum Gasteiger partial charge on any atom is -0.496 e. The molecule has 6 nitrogen and oxygen atoms in total.